The van der Waals surface area contributed by atoms with E-state index in [1.54, 1.807) is 37.3 Å². The summed E-state index contributed by atoms with van der Waals surface area (Å²) >= 11 is 0. The molecule has 10 heteroatoms. The number of hydrogen-bond donors (Lipinski definition) is 1. The van der Waals surface area contributed by atoms with Crippen molar-refractivity contribution in [3.8, 4) is 5.69 Å². The maximum absolute atomic E-state index is 13.2. The van der Waals surface area contributed by atoms with E-state index in [1.165, 1.54) is 4.68 Å². The van der Waals surface area contributed by atoms with Crippen molar-refractivity contribution < 1.29 is 31.5 Å². The molecule has 146 valence electrons. The number of halogens is 5. The van der Waals surface area contributed by atoms with Crippen LogP contribution in [0.4, 0.5) is 32.6 Å². The highest BCUT2D eigenvalue weighted by molar-refractivity contribution is 5.85. The number of rotatable bonds is 4. The molecule has 1 aliphatic carbocycles. The molecule has 0 unspecified atom stereocenters. The Hall–Kier alpha value is -2.65. The van der Waals surface area contributed by atoms with Gasteiger partial charge in [0.25, 0.3) is 0 Å². The second-order valence-electron chi connectivity index (χ2n) is 6.38. The van der Waals surface area contributed by atoms with E-state index >= 15 is 0 Å². The summed E-state index contributed by atoms with van der Waals surface area (Å²) in [5.41, 5.74) is 1.29. The van der Waals surface area contributed by atoms with E-state index in [0.717, 1.165) is 0 Å². The minimum atomic E-state index is -4.66. The third-order valence-electron chi connectivity index (χ3n) is 4.22. The zero-order chi connectivity index (χ0) is 19.8. The maximum atomic E-state index is 13.2. The molecule has 0 saturated heterocycles. The van der Waals surface area contributed by atoms with Crippen molar-refractivity contribution in [2.75, 3.05) is 11.9 Å². The molecule has 1 aromatic carbocycles. The lowest BCUT2D eigenvalue weighted by molar-refractivity contribution is -0.159. The summed E-state index contributed by atoms with van der Waals surface area (Å²) in [5, 5.41) is 6.57. The quantitative estimate of drug-likeness (QED) is 0.764. The minimum Gasteiger partial charge on any atom is -0.440 e. The molecule has 2 aromatic rings. The molecule has 1 aromatic heterocycles. The van der Waals surface area contributed by atoms with Crippen LogP contribution in [0.5, 0.6) is 0 Å². The standard InChI is InChI=1S/C17H16F5N3O2/c1-10-13(11-7-16(18,19)8-11)24-25(12-5-3-2-4-6-12)14(10)23-15(26)27-9-17(20,21)22/h2-6,11H,7-9H2,1H3,(H,23,26). The molecule has 0 aliphatic heterocycles. The summed E-state index contributed by atoms with van der Waals surface area (Å²) in [7, 11) is 0. The van der Waals surface area contributed by atoms with Crippen LogP contribution in [0.1, 0.15) is 30.0 Å². The Labute approximate surface area is 151 Å². The van der Waals surface area contributed by atoms with E-state index in [4.69, 9.17) is 0 Å². The highest BCUT2D eigenvalue weighted by Gasteiger charge is 2.48. The van der Waals surface area contributed by atoms with Crippen LogP contribution in [0.2, 0.25) is 0 Å². The Morgan fingerprint density at radius 1 is 1.30 bits per heavy atom. The Bertz CT molecular complexity index is 825. The van der Waals surface area contributed by atoms with Gasteiger partial charge in [0.05, 0.1) is 11.4 Å². The molecule has 0 spiro atoms. The first-order valence-electron chi connectivity index (χ1n) is 8.09. The van der Waals surface area contributed by atoms with Gasteiger partial charge in [-0.05, 0) is 19.1 Å². The smallest absolute Gasteiger partial charge is 0.422 e. The molecule has 0 atom stereocenters. The number of amides is 1. The normalized spacial score (nSPS) is 16.7. The van der Waals surface area contributed by atoms with Gasteiger partial charge in [0.2, 0.25) is 5.92 Å². The van der Waals surface area contributed by atoms with Crippen molar-refractivity contribution in [1.82, 2.24) is 9.78 Å². The van der Waals surface area contributed by atoms with Gasteiger partial charge < -0.3 is 4.74 Å². The lowest BCUT2D eigenvalue weighted by Gasteiger charge is -2.34. The molecule has 1 aliphatic rings. The van der Waals surface area contributed by atoms with Gasteiger partial charge in [-0.25, -0.2) is 18.3 Å². The van der Waals surface area contributed by atoms with Crippen LogP contribution in [0, 0.1) is 6.92 Å². The number of carbonyl (C=O) groups excluding carboxylic acids is 1. The molecule has 5 nitrogen and oxygen atoms in total. The number of nitrogens with zero attached hydrogens (tertiary/aromatic N) is 2. The van der Waals surface area contributed by atoms with Crippen molar-refractivity contribution >= 4 is 11.9 Å². The van der Waals surface area contributed by atoms with Crippen LogP contribution >= 0.6 is 0 Å². The summed E-state index contributed by atoms with van der Waals surface area (Å²) in [4.78, 5) is 11.8. The van der Waals surface area contributed by atoms with E-state index in [2.05, 4.69) is 15.2 Å². The lowest BCUT2D eigenvalue weighted by atomic mass is 9.78. The lowest BCUT2D eigenvalue weighted by Crippen LogP contribution is -2.34. The van der Waals surface area contributed by atoms with E-state index < -0.39 is 30.7 Å². The van der Waals surface area contributed by atoms with Gasteiger partial charge >= 0.3 is 12.3 Å². The largest absolute Gasteiger partial charge is 0.440 e. The molecule has 1 N–H and O–H groups in total. The van der Waals surface area contributed by atoms with Gasteiger partial charge in [0.15, 0.2) is 6.61 Å². The molecule has 3 rings (SSSR count). The van der Waals surface area contributed by atoms with Crippen LogP contribution in [0.3, 0.4) is 0 Å². The van der Waals surface area contributed by atoms with Crippen LogP contribution in [-0.4, -0.2) is 34.6 Å². The van der Waals surface area contributed by atoms with Crippen molar-refractivity contribution in [2.45, 2.75) is 37.8 Å². The average molecular weight is 389 g/mol. The minimum absolute atomic E-state index is 0.0820. The number of benzene rings is 1. The fourth-order valence-corrected chi connectivity index (χ4v) is 2.94. The zero-order valence-electron chi connectivity index (χ0n) is 14.2. The van der Waals surface area contributed by atoms with Gasteiger partial charge in [0, 0.05) is 24.3 Å². The summed E-state index contributed by atoms with van der Waals surface area (Å²) in [5.74, 6) is -3.16. The molecular weight excluding hydrogens is 373 g/mol. The Balaban J connectivity index is 1.89. The zero-order valence-corrected chi connectivity index (χ0v) is 14.2. The second kappa shape index (κ2) is 6.82. The Morgan fingerprint density at radius 3 is 2.48 bits per heavy atom. The number of aromatic nitrogens is 2. The van der Waals surface area contributed by atoms with Crippen LogP contribution in [-0.2, 0) is 4.74 Å². The number of alkyl halides is 5. The van der Waals surface area contributed by atoms with Crippen molar-refractivity contribution in [2.24, 2.45) is 0 Å². The van der Waals surface area contributed by atoms with Crippen LogP contribution < -0.4 is 5.32 Å². The van der Waals surface area contributed by atoms with Gasteiger partial charge in [0.1, 0.15) is 5.82 Å². The highest BCUT2D eigenvalue weighted by atomic mass is 19.4. The van der Waals surface area contributed by atoms with E-state index in [9.17, 15) is 26.7 Å². The van der Waals surface area contributed by atoms with Crippen molar-refractivity contribution in [1.29, 1.82) is 0 Å². The maximum Gasteiger partial charge on any atom is 0.422 e. The molecule has 1 heterocycles. The highest BCUT2D eigenvalue weighted by Crippen LogP contribution is 2.49. The van der Waals surface area contributed by atoms with Crippen molar-refractivity contribution in [3.05, 3.63) is 41.6 Å². The predicted molar refractivity (Wildman–Crippen MR) is 86.2 cm³/mol. The average Bonchev–Trinajstić information content (AvgIpc) is 2.88. The van der Waals surface area contributed by atoms with Crippen LogP contribution in [0.25, 0.3) is 5.69 Å². The SMILES string of the molecule is Cc1c(C2CC(F)(F)C2)nn(-c2ccccc2)c1NC(=O)OCC(F)(F)F. The van der Waals surface area contributed by atoms with Gasteiger partial charge in [-0.15, -0.1) is 0 Å². The first kappa shape index (κ1) is 19.1. The monoisotopic (exact) mass is 389 g/mol. The number of para-hydroxylation sites is 1. The summed E-state index contributed by atoms with van der Waals surface area (Å²) < 4.78 is 68.6. The van der Waals surface area contributed by atoms with Gasteiger partial charge in [-0.2, -0.15) is 18.3 Å². The van der Waals surface area contributed by atoms with Gasteiger partial charge in [-0.1, -0.05) is 18.2 Å². The summed E-state index contributed by atoms with van der Waals surface area (Å²) in [6, 6.07) is 8.48. The number of ether oxygens (including phenoxy) is 1. The second-order valence-corrected chi connectivity index (χ2v) is 6.38. The van der Waals surface area contributed by atoms with E-state index in [0.29, 0.717) is 16.9 Å². The Morgan fingerprint density at radius 2 is 1.93 bits per heavy atom. The van der Waals surface area contributed by atoms with E-state index in [1.807, 2.05) is 0 Å². The van der Waals surface area contributed by atoms with Crippen LogP contribution in [0.15, 0.2) is 30.3 Å². The third kappa shape index (κ3) is 4.37. The fourth-order valence-electron chi connectivity index (χ4n) is 2.94. The third-order valence-corrected chi connectivity index (χ3v) is 4.22. The fraction of sp³-hybridized carbons (Fsp3) is 0.412. The summed E-state index contributed by atoms with van der Waals surface area (Å²) in [6.07, 6.45) is -6.69. The molecule has 1 fully saturated rings. The van der Waals surface area contributed by atoms with Gasteiger partial charge in [-0.3, -0.25) is 5.32 Å². The predicted octanol–water partition coefficient (Wildman–Crippen LogP) is 4.80. The first-order chi connectivity index (χ1) is 12.6. The first-order valence-corrected chi connectivity index (χ1v) is 8.09. The number of carbonyl (C=O) groups is 1. The number of nitrogens with one attached hydrogen (secondary N) is 1. The molecular formula is C17H16F5N3O2. The summed E-state index contributed by atoms with van der Waals surface area (Å²) in [6.45, 7) is -0.170. The molecule has 1 saturated carbocycles. The molecule has 0 radical (unpaired) electrons. The Kier molecular flexibility index (Phi) is 4.83. The molecule has 27 heavy (non-hydrogen) atoms. The van der Waals surface area contributed by atoms with E-state index in [-0.39, 0.29) is 18.7 Å². The molecule has 0 bridgehead atoms. The number of hydrogen-bond acceptors (Lipinski definition) is 3. The van der Waals surface area contributed by atoms with Crippen molar-refractivity contribution in [3.63, 3.8) is 0 Å². The molecule has 1 amide bonds. The number of anilines is 1. The topological polar surface area (TPSA) is 56.2 Å².